The fourth-order valence-corrected chi connectivity index (χ4v) is 3.07. The lowest BCUT2D eigenvalue weighted by Crippen LogP contribution is -2.30. The lowest BCUT2D eigenvalue weighted by atomic mass is 10.1. The van der Waals surface area contributed by atoms with Gasteiger partial charge in [0, 0.05) is 10.6 Å². The molecule has 150 valence electrons. The maximum Gasteiger partial charge on any atom is 0.276 e. The highest BCUT2D eigenvalue weighted by molar-refractivity contribution is 6.65. The average molecular weight is 436 g/mol. The van der Waals surface area contributed by atoms with Crippen LogP contribution in [0.15, 0.2) is 48.0 Å². The number of hydrogen-bond acceptors (Lipinski definition) is 4. The van der Waals surface area contributed by atoms with Crippen molar-refractivity contribution >= 4 is 46.0 Å². The van der Waals surface area contributed by atoms with E-state index < -0.39 is 11.7 Å². The van der Waals surface area contributed by atoms with E-state index in [0.717, 1.165) is 0 Å². The molecule has 29 heavy (non-hydrogen) atoms. The van der Waals surface area contributed by atoms with Crippen LogP contribution in [0.1, 0.15) is 17.4 Å². The molecular formula is C19H16Cl2FN5O2. The van der Waals surface area contributed by atoms with Gasteiger partial charge in [-0.05, 0) is 37.3 Å². The highest BCUT2D eigenvalue weighted by Crippen LogP contribution is 2.28. The van der Waals surface area contributed by atoms with E-state index in [1.165, 1.54) is 39.9 Å². The number of nitrogens with one attached hydrogen (secondary N) is 1. The maximum absolute atomic E-state index is 13.9. The molecule has 0 bridgehead atoms. The molecule has 10 heteroatoms. The number of hydrogen-bond donors (Lipinski definition) is 1. The predicted molar refractivity (Wildman–Crippen MR) is 110 cm³/mol. The summed E-state index contributed by atoms with van der Waals surface area (Å²) >= 11 is 11.9. The van der Waals surface area contributed by atoms with Gasteiger partial charge in [-0.25, -0.2) is 14.1 Å². The molecule has 3 rings (SSSR count). The minimum Gasteiger partial charge on any atom is -0.337 e. The van der Waals surface area contributed by atoms with E-state index in [9.17, 15) is 14.0 Å². The van der Waals surface area contributed by atoms with Crippen LogP contribution in [0.25, 0.3) is 17.1 Å². The first-order valence-electron chi connectivity index (χ1n) is 8.45. The number of rotatable bonds is 5. The number of aromatic nitrogens is 2. The molecule has 0 radical (unpaired) electrons. The Bertz CT molecular complexity index is 1040. The third-order valence-electron chi connectivity index (χ3n) is 3.93. The number of halogens is 3. The van der Waals surface area contributed by atoms with Gasteiger partial charge in [0.15, 0.2) is 11.5 Å². The zero-order valence-electron chi connectivity index (χ0n) is 15.3. The number of carbonyl (C=O) groups is 2. The van der Waals surface area contributed by atoms with Crippen LogP contribution >= 0.6 is 23.2 Å². The molecule has 0 spiro atoms. The van der Waals surface area contributed by atoms with Crippen LogP contribution in [0.2, 0.25) is 5.02 Å². The van der Waals surface area contributed by atoms with Crippen molar-refractivity contribution in [1.82, 2.24) is 20.0 Å². The summed E-state index contributed by atoms with van der Waals surface area (Å²) in [6.07, 6.45) is 3.02. The molecule has 0 unspecified atom stereocenters. The highest BCUT2D eigenvalue weighted by Gasteiger charge is 2.27. The summed E-state index contributed by atoms with van der Waals surface area (Å²) in [5, 5.41) is 7.29. The lowest BCUT2D eigenvalue weighted by Gasteiger charge is -2.10. The summed E-state index contributed by atoms with van der Waals surface area (Å²) in [6.45, 7) is 5.24. The van der Waals surface area contributed by atoms with Gasteiger partial charge in [-0.1, -0.05) is 35.9 Å². The summed E-state index contributed by atoms with van der Waals surface area (Å²) in [7, 11) is 0. The largest absolute Gasteiger partial charge is 0.337 e. The molecule has 0 aliphatic carbocycles. The quantitative estimate of drug-likeness (QED) is 0.576. The molecule has 0 saturated carbocycles. The third kappa shape index (κ3) is 4.72. The lowest BCUT2D eigenvalue weighted by molar-refractivity contribution is -0.118. The zero-order chi connectivity index (χ0) is 21.1. The van der Waals surface area contributed by atoms with Crippen molar-refractivity contribution in [2.75, 3.05) is 13.2 Å². The van der Waals surface area contributed by atoms with Gasteiger partial charge in [0.2, 0.25) is 5.91 Å². The smallest absolute Gasteiger partial charge is 0.276 e. The Morgan fingerprint density at radius 1 is 1.38 bits per heavy atom. The minimum atomic E-state index is -0.547. The predicted octanol–water partition coefficient (Wildman–Crippen LogP) is 3.51. The molecular weight excluding hydrogens is 420 g/mol. The summed E-state index contributed by atoms with van der Waals surface area (Å²) in [4.78, 5) is 29.7. The molecule has 0 atom stereocenters. The SMILES string of the molecule is C=C/C=C(\N=C(/C)Cl)n1nc(C(=O)N2CNC(=O)C2)cc1-c1cc(F)cc(Cl)c1. The van der Waals surface area contributed by atoms with Crippen LogP contribution in [-0.2, 0) is 4.79 Å². The molecule has 1 aliphatic rings. The van der Waals surface area contributed by atoms with Crippen molar-refractivity contribution < 1.29 is 14.0 Å². The van der Waals surface area contributed by atoms with Crippen molar-refractivity contribution in [1.29, 1.82) is 0 Å². The minimum absolute atomic E-state index is 0.0503. The third-order valence-corrected chi connectivity index (χ3v) is 4.23. The van der Waals surface area contributed by atoms with Gasteiger partial charge in [-0.3, -0.25) is 9.59 Å². The van der Waals surface area contributed by atoms with E-state index in [1.807, 2.05) is 0 Å². The molecule has 7 nitrogen and oxygen atoms in total. The normalized spacial score (nSPS) is 14.9. The molecule has 1 aromatic heterocycles. The molecule has 2 aromatic rings. The van der Waals surface area contributed by atoms with Crippen LogP contribution in [0.3, 0.4) is 0 Å². The standard InChI is InChI=1S/C19H16Cl2FN5O2/c1-3-4-17(24-11(2)20)27-16(12-5-13(21)7-14(22)6-12)8-15(25-27)19(29)26-9-18(28)23-10-26/h3-8H,1,9-10H2,2H3,(H,23,28)/b17-4+,24-11+. The first kappa shape index (κ1) is 20.8. The van der Waals surface area contributed by atoms with Gasteiger partial charge >= 0.3 is 0 Å². The molecule has 1 N–H and O–H groups in total. The average Bonchev–Trinajstić information content (AvgIpc) is 3.26. The first-order chi connectivity index (χ1) is 13.8. The number of benzene rings is 1. The molecule has 2 heterocycles. The van der Waals surface area contributed by atoms with E-state index >= 15 is 0 Å². The number of carbonyl (C=O) groups excluding carboxylic acids is 2. The Balaban J connectivity index is 2.16. The van der Waals surface area contributed by atoms with E-state index in [-0.39, 0.29) is 40.8 Å². The Labute approximate surface area is 176 Å². The van der Waals surface area contributed by atoms with Crippen molar-refractivity contribution in [3.63, 3.8) is 0 Å². The van der Waals surface area contributed by atoms with Crippen LogP contribution < -0.4 is 5.32 Å². The summed E-state index contributed by atoms with van der Waals surface area (Å²) in [5.74, 6) is -1.01. The van der Waals surface area contributed by atoms with Gasteiger partial charge in [0.1, 0.15) is 17.5 Å². The van der Waals surface area contributed by atoms with E-state index in [1.54, 1.807) is 13.0 Å². The van der Waals surface area contributed by atoms with Crippen molar-refractivity contribution in [2.24, 2.45) is 4.99 Å². The Morgan fingerprint density at radius 2 is 2.14 bits per heavy atom. The van der Waals surface area contributed by atoms with Crippen molar-refractivity contribution in [2.45, 2.75) is 6.92 Å². The molecule has 2 amide bonds. The summed E-state index contributed by atoms with van der Waals surface area (Å²) in [6, 6.07) is 5.45. The van der Waals surface area contributed by atoms with Gasteiger partial charge in [-0.2, -0.15) is 5.10 Å². The Hall–Kier alpha value is -2.97. The number of amides is 2. The maximum atomic E-state index is 13.9. The molecule has 1 fully saturated rings. The second-order valence-corrected chi connectivity index (χ2v) is 7.10. The van der Waals surface area contributed by atoms with Crippen molar-refractivity contribution in [3.05, 3.63) is 59.5 Å². The van der Waals surface area contributed by atoms with Gasteiger partial charge in [0.05, 0.1) is 12.4 Å². The monoisotopic (exact) mass is 435 g/mol. The van der Waals surface area contributed by atoms with Crippen LogP contribution in [-0.4, -0.2) is 44.9 Å². The van der Waals surface area contributed by atoms with E-state index in [2.05, 4.69) is 22.0 Å². The topological polar surface area (TPSA) is 79.6 Å². The first-order valence-corrected chi connectivity index (χ1v) is 9.20. The van der Waals surface area contributed by atoms with Crippen molar-refractivity contribution in [3.8, 4) is 11.3 Å². The second kappa shape index (κ2) is 8.59. The molecule has 1 aromatic carbocycles. The fourth-order valence-electron chi connectivity index (χ4n) is 2.76. The fraction of sp³-hybridized carbons (Fsp3) is 0.158. The zero-order valence-corrected chi connectivity index (χ0v) is 16.8. The number of aliphatic imine (C=N–C) groups is 1. The van der Waals surface area contributed by atoms with Gasteiger partial charge in [-0.15, -0.1) is 0 Å². The highest BCUT2D eigenvalue weighted by atomic mass is 35.5. The van der Waals surface area contributed by atoms with Gasteiger partial charge < -0.3 is 10.2 Å². The summed E-state index contributed by atoms with van der Waals surface area (Å²) < 4.78 is 15.3. The van der Waals surface area contributed by atoms with E-state index in [0.29, 0.717) is 11.3 Å². The van der Waals surface area contributed by atoms with E-state index in [4.69, 9.17) is 23.2 Å². The number of nitrogens with zero attached hydrogens (tertiary/aromatic N) is 4. The summed E-state index contributed by atoms with van der Waals surface area (Å²) in [5.41, 5.74) is 0.798. The van der Waals surface area contributed by atoms with Crippen LogP contribution in [0, 0.1) is 5.82 Å². The second-order valence-electron chi connectivity index (χ2n) is 6.12. The molecule has 1 aliphatic heterocycles. The molecule has 1 saturated heterocycles. The van der Waals surface area contributed by atoms with Gasteiger partial charge in [0.25, 0.3) is 5.91 Å². The Morgan fingerprint density at radius 3 is 2.72 bits per heavy atom. The Kier molecular flexibility index (Phi) is 6.14. The number of allylic oxidation sites excluding steroid dienone is 2. The van der Waals surface area contributed by atoms with Crippen LogP contribution in [0.5, 0.6) is 0 Å². The van der Waals surface area contributed by atoms with Crippen LogP contribution in [0.4, 0.5) is 4.39 Å².